The molecule has 4 rings (SSSR count). The molecule has 3 aliphatic heterocycles. The van der Waals surface area contributed by atoms with Gasteiger partial charge in [-0.2, -0.15) is 0 Å². The minimum absolute atomic E-state index is 0.707. The Morgan fingerprint density at radius 1 is 0.808 bits per heavy atom. The molecule has 0 bridgehead atoms. The number of likely N-dealkylation sites (tertiary alicyclic amines) is 3. The quantitative estimate of drug-likeness (QED) is 0.730. The van der Waals surface area contributed by atoms with Gasteiger partial charge in [0.2, 0.25) is 0 Å². The highest BCUT2D eigenvalue weighted by Crippen LogP contribution is 2.51. The second-order valence-electron chi connectivity index (χ2n) is 10.9. The Bertz CT molecular complexity index is 444. The number of nitrogens with zero attached hydrogens (tertiary/aromatic N) is 3. The van der Waals surface area contributed by atoms with Gasteiger partial charge < -0.3 is 14.7 Å². The average molecular weight is 362 g/mol. The van der Waals surface area contributed by atoms with Gasteiger partial charge in [-0.3, -0.25) is 0 Å². The Hall–Kier alpha value is -0.120. The molecule has 4 aliphatic rings. The maximum absolute atomic E-state index is 2.88. The monoisotopic (exact) mass is 361 g/mol. The van der Waals surface area contributed by atoms with Crippen LogP contribution in [0.25, 0.3) is 0 Å². The average Bonchev–Trinajstić information content (AvgIpc) is 3.37. The molecule has 0 radical (unpaired) electrons. The summed E-state index contributed by atoms with van der Waals surface area (Å²) in [7, 11) is 2.29. The predicted octanol–water partition coefficient (Wildman–Crippen LogP) is 4.08. The lowest BCUT2D eigenvalue weighted by molar-refractivity contribution is 0.00946. The third kappa shape index (κ3) is 4.47. The summed E-state index contributed by atoms with van der Waals surface area (Å²) in [4.78, 5) is 8.22. The van der Waals surface area contributed by atoms with Crippen molar-refractivity contribution in [1.82, 2.24) is 14.7 Å². The molecule has 0 atom stereocenters. The first-order chi connectivity index (χ1) is 12.5. The van der Waals surface area contributed by atoms with E-state index in [4.69, 9.17) is 0 Å². The molecular weight excluding hydrogens is 318 g/mol. The molecule has 1 aliphatic carbocycles. The lowest BCUT2D eigenvalue weighted by atomic mass is 9.71. The highest BCUT2D eigenvalue weighted by Gasteiger charge is 2.44. The summed E-state index contributed by atoms with van der Waals surface area (Å²) < 4.78 is 0. The van der Waals surface area contributed by atoms with Crippen LogP contribution in [0.4, 0.5) is 0 Å². The van der Waals surface area contributed by atoms with E-state index in [0.29, 0.717) is 10.8 Å². The third-order valence-corrected chi connectivity index (χ3v) is 8.34. The summed E-state index contributed by atoms with van der Waals surface area (Å²) >= 11 is 0. The fourth-order valence-corrected chi connectivity index (χ4v) is 6.34. The minimum Gasteiger partial charge on any atom is -0.306 e. The Balaban J connectivity index is 1.20. The van der Waals surface area contributed by atoms with Crippen molar-refractivity contribution in [2.45, 2.75) is 77.7 Å². The van der Waals surface area contributed by atoms with E-state index in [1.54, 1.807) is 0 Å². The van der Waals surface area contributed by atoms with E-state index < -0.39 is 0 Å². The largest absolute Gasteiger partial charge is 0.306 e. The highest BCUT2D eigenvalue weighted by molar-refractivity contribution is 4.97. The molecule has 1 saturated carbocycles. The first-order valence-corrected chi connectivity index (χ1v) is 11.6. The van der Waals surface area contributed by atoms with Gasteiger partial charge in [-0.15, -0.1) is 0 Å². The van der Waals surface area contributed by atoms with Gasteiger partial charge in [-0.25, -0.2) is 0 Å². The molecular formula is C23H43N3. The molecule has 3 saturated heterocycles. The van der Waals surface area contributed by atoms with E-state index >= 15 is 0 Å². The van der Waals surface area contributed by atoms with Crippen molar-refractivity contribution in [3.63, 3.8) is 0 Å². The van der Waals surface area contributed by atoms with Crippen LogP contribution in [-0.4, -0.2) is 73.6 Å². The Morgan fingerprint density at radius 3 is 1.92 bits per heavy atom. The van der Waals surface area contributed by atoms with Crippen molar-refractivity contribution in [2.24, 2.45) is 16.7 Å². The zero-order valence-corrected chi connectivity index (χ0v) is 17.8. The lowest BCUT2D eigenvalue weighted by Crippen LogP contribution is -2.52. The molecule has 0 aromatic carbocycles. The van der Waals surface area contributed by atoms with Crippen LogP contribution in [0.3, 0.4) is 0 Å². The molecule has 3 nitrogen and oxygen atoms in total. The van der Waals surface area contributed by atoms with Crippen LogP contribution in [0.1, 0.15) is 71.6 Å². The summed E-state index contributed by atoms with van der Waals surface area (Å²) in [5.74, 6) is 0.871. The first-order valence-electron chi connectivity index (χ1n) is 11.6. The van der Waals surface area contributed by atoms with Gasteiger partial charge in [-0.05, 0) is 121 Å². The lowest BCUT2D eigenvalue weighted by Gasteiger charge is -2.49. The van der Waals surface area contributed by atoms with Crippen LogP contribution < -0.4 is 0 Å². The van der Waals surface area contributed by atoms with Crippen molar-refractivity contribution >= 4 is 0 Å². The van der Waals surface area contributed by atoms with Crippen LogP contribution in [0.15, 0.2) is 0 Å². The van der Waals surface area contributed by atoms with Crippen LogP contribution in [0.5, 0.6) is 0 Å². The molecule has 150 valence electrons. The normalized spacial score (nSPS) is 30.9. The van der Waals surface area contributed by atoms with Crippen LogP contribution in [0, 0.1) is 16.7 Å². The van der Waals surface area contributed by atoms with Gasteiger partial charge in [-0.1, -0.05) is 13.8 Å². The highest BCUT2D eigenvalue weighted by atomic mass is 15.2. The summed E-state index contributed by atoms with van der Waals surface area (Å²) in [6.07, 6.45) is 13.1. The standard InChI is InChI=1S/C23H43N3/c1-20(2)18-23(6-7-23)19-25-12-4-21(5-13-25)26-16-10-22(11-17-26)8-14-24(3)15-9-22/h20-21H,4-19H2,1-3H3. The summed E-state index contributed by atoms with van der Waals surface area (Å²) in [6, 6.07) is 0.884. The number of piperidine rings is 3. The van der Waals surface area contributed by atoms with Crippen molar-refractivity contribution in [3.05, 3.63) is 0 Å². The molecule has 0 unspecified atom stereocenters. The van der Waals surface area contributed by atoms with E-state index in [1.807, 2.05) is 0 Å². The number of hydrogen-bond donors (Lipinski definition) is 0. The number of hydrogen-bond acceptors (Lipinski definition) is 3. The summed E-state index contributed by atoms with van der Waals surface area (Å²) in [6.45, 7) is 14.3. The SMILES string of the molecule is CC(C)CC1(CN2CCC(N3CCC4(CCN(C)CC4)CC3)CC2)CC1. The second-order valence-corrected chi connectivity index (χ2v) is 10.9. The maximum Gasteiger partial charge on any atom is 0.0120 e. The minimum atomic E-state index is 0.707. The van der Waals surface area contributed by atoms with Crippen LogP contribution in [0.2, 0.25) is 0 Å². The molecule has 1 spiro atoms. The molecule has 26 heavy (non-hydrogen) atoms. The molecule has 4 fully saturated rings. The van der Waals surface area contributed by atoms with E-state index in [1.165, 1.54) is 104 Å². The molecule has 3 heteroatoms. The van der Waals surface area contributed by atoms with Crippen molar-refractivity contribution in [3.8, 4) is 0 Å². The maximum atomic E-state index is 2.88. The smallest absolute Gasteiger partial charge is 0.0120 e. The van der Waals surface area contributed by atoms with Crippen molar-refractivity contribution in [1.29, 1.82) is 0 Å². The third-order valence-electron chi connectivity index (χ3n) is 8.34. The Morgan fingerprint density at radius 2 is 1.38 bits per heavy atom. The molecule has 0 aromatic rings. The van der Waals surface area contributed by atoms with Gasteiger partial charge >= 0.3 is 0 Å². The molecule has 3 heterocycles. The topological polar surface area (TPSA) is 9.72 Å². The Kier molecular flexibility index (Phi) is 5.70. The van der Waals surface area contributed by atoms with Gasteiger partial charge in [0.25, 0.3) is 0 Å². The van der Waals surface area contributed by atoms with Gasteiger partial charge in [0.15, 0.2) is 0 Å². The second kappa shape index (κ2) is 7.72. The first kappa shape index (κ1) is 19.2. The predicted molar refractivity (Wildman–Crippen MR) is 111 cm³/mol. The zero-order valence-electron chi connectivity index (χ0n) is 17.8. The summed E-state index contributed by atoms with van der Waals surface area (Å²) in [5.41, 5.74) is 1.42. The van der Waals surface area contributed by atoms with E-state index in [0.717, 1.165) is 12.0 Å². The van der Waals surface area contributed by atoms with Gasteiger partial charge in [0.05, 0.1) is 0 Å². The van der Waals surface area contributed by atoms with E-state index in [-0.39, 0.29) is 0 Å². The van der Waals surface area contributed by atoms with Crippen molar-refractivity contribution in [2.75, 3.05) is 52.9 Å². The number of rotatable bonds is 5. The van der Waals surface area contributed by atoms with Crippen LogP contribution in [-0.2, 0) is 0 Å². The Labute approximate surface area is 162 Å². The fourth-order valence-electron chi connectivity index (χ4n) is 6.34. The van der Waals surface area contributed by atoms with Gasteiger partial charge in [0.1, 0.15) is 0 Å². The zero-order chi connectivity index (χ0) is 18.2. The summed E-state index contributed by atoms with van der Waals surface area (Å²) in [5, 5.41) is 0. The van der Waals surface area contributed by atoms with E-state index in [2.05, 4.69) is 35.6 Å². The van der Waals surface area contributed by atoms with Crippen LogP contribution >= 0.6 is 0 Å². The molecule has 0 aromatic heterocycles. The molecule has 0 amide bonds. The molecule has 0 N–H and O–H groups in total. The van der Waals surface area contributed by atoms with Gasteiger partial charge in [0, 0.05) is 12.6 Å². The fraction of sp³-hybridized carbons (Fsp3) is 1.00. The van der Waals surface area contributed by atoms with Crippen molar-refractivity contribution < 1.29 is 0 Å². The van der Waals surface area contributed by atoms with E-state index in [9.17, 15) is 0 Å².